The summed E-state index contributed by atoms with van der Waals surface area (Å²) in [5, 5.41) is 4.63. The lowest BCUT2D eigenvalue weighted by Gasteiger charge is -2.22. The Balaban J connectivity index is 2.03. The zero-order chi connectivity index (χ0) is 12.7. The molecule has 0 saturated heterocycles. The Morgan fingerprint density at radius 2 is 2.06 bits per heavy atom. The van der Waals surface area contributed by atoms with Crippen molar-refractivity contribution in [3.05, 3.63) is 27.8 Å². The van der Waals surface area contributed by atoms with Crippen molar-refractivity contribution in [1.29, 1.82) is 0 Å². The number of hydrogen-bond acceptors (Lipinski definition) is 2. The van der Waals surface area contributed by atoms with Gasteiger partial charge in [0.05, 0.1) is 6.61 Å². The minimum atomic E-state index is 0.410. The van der Waals surface area contributed by atoms with Crippen LogP contribution in [0.5, 0.6) is 5.75 Å². The number of halogens is 1. The molecule has 0 bridgehead atoms. The summed E-state index contributed by atoms with van der Waals surface area (Å²) >= 11 is 6.40. The second-order valence-corrected chi connectivity index (χ2v) is 5.91. The monoisotopic (exact) mass is 265 g/mol. The second kappa shape index (κ2) is 4.75. The Morgan fingerprint density at radius 3 is 2.78 bits per heavy atom. The SMILES string of the molecule is Cc1cc2c(c(C)c1Cl)C(NC1CC1)CCCO2. The Kier molecular flexibility index (Phi) is 3.25. The maximum atomic E-state index is 6.40. The van der Waals surface area contributed by atoms with Crippen molar-refractivity contribution in [2.45, 2.75) is 51.6 Å². The van der Waals surface area contributed by atoms with Crippen molar-refractivity contribution in [2.75, 3.05) is 6.61 Å². The average Bonchev–Trinajstić information content (AvgIpc) is 3.15. The maximum Gasteiger partial charge on any atom is 0.124 e. The number of hydrogen-bond donors (Lipinski definition) is 1. The predicted molar refractivity (Wildman–Crippen MR) is 74.6 cm³/mol. The molecule has 1 N–H and O–H groups in total. The molecule has 0 spiro atoms. The lowest BCUT2D eigenvalue weighted by Crippen LogP contribution is -2.24. The standard InChI is InChI=1S/C15H20ClNO/c1-9-8-13-14(10(2)15(9)16)12(4-3-7-18-13)17-11-5-6-11/h8,11-12,17H,3-7H2,1-2H3. The number of fused-ring (bicyclic) bond motifs is 1. The minimum absolute atomic E-state index is 0.410. The van der Waals surface area contributed by atoms with E-state index in [1.165, 1.54) is 24.0 Å². The summed E-state index contributed by atoms with van der Waals surface area (Å²) in [6, 6.07) is 3.21. The van der Waals surface area contributed by atoms with Gasteiger partial charge in [-0.25, -0.2) is 0 Å². The number of benzene rings is 1. The highest BCUT2D eigenvalue weighted by atomic mass is 35.5. The van der Waals surface area contributed by atoms with Gasteiger partial charge >= 0.3 is 0 Å². The molecule has 1 atom stereocenters. The van der Waals surface area contributed by atoms with Gasteiger partial charge in [0.1, 0.15) is 5.75 Å². The van der Waals surface area contributed by atoms with Gasteiger partial charge in [0.25, 0.3) is 0 Å². The maximum absolute atomic E-state index is 6.40. The molecule has 0 aromatic heterocycles. The molecule has 18 heavy (non-hydrogen) atoms. The fourth-order valence-electron chi connectivity index (χ4n) is 2.80. The summed E-state index contributed by atoms with van der Waals surface area (Å²) in [6.07, 6.45) is 4.87. The smallest absolute Gasteiger partial charge is 0.124 e. The lowest BCUT2D eigenvalue weighted by atomic mass is 9.95. The summed E-state index contributed by atoms with van der Waals surface area (Å²) in [7, 11) is 0. The van der Waals surface area contributed by atoms with E-state index in [1.807, 2.05) is 6.92 Å². The summed E-state index contributed by atoms with van der Waals surface area (Å²) in [6.45, 7) is 4.98. The van der Waals surface area contributed by atoms with Crippen molar-refractivity contribution in [2.24, 2.45) is 0 Å². The summed E-state index contributed by atoms with van der Waals surface area (Å²) in [5.74, 6) is 1.03. The van der Waals surface area contributed by atoms with Gasteiger partial charge in [-0.2, -0.15) is 0 Å². The van der Waals surface area contributed by atoms with Crippen molar-refractivity contribution < 1.29 is 4.74 Å². The molecule has 0 amide bonds. The lowest BCUT2D eigenvalue weighted by molar-refractivity contribution is 0.315. The molecule has 1 aliphatic carbocycles. The summed E-state index contributed by atoms with van der Waals surface area (Å²) in [5.41, 5.74) is 3.58. The Morgan fingerprint density at radius 1 is 1.28 bits per heavy atom. The van der Waals surface area contributed by atoms with Gasteiger partial charge in [-0.15, -0.1) is 0 Å². The molecule has 2 nitrogen and oxygen atoms in total. The zero-order valence-corrected chi connectivity index (χ0v) is 11.8. The van der Waals surface area contributed by atoms with E-state index in [0.29, 0.717) is 12.1 Å². The molecule has 2 aliphatic rings. The molecule has 1 aromatic carbocycles. The van der Waals surface area contributed by atoms with Crippen LogP contribution in [0.3, 0.4) is 0 Å². The molecule has 1 unspecified atom stereocenters. The largest absolute Gasteiger partial charge is 0.493 e. The van der Waals surface area contributed by atoms with Gasteiger partial charge in [-0.1, -0.05) is 11.6 Å². The number of nitrogens with one attached hydrogen (secondary N) is 1. The highest BCUT2D eigenvalue weighted by molar-refractivity contribution is 6.32. The second-order valence-electron chi connectivity index (χ2n) is 5.53. The number of rotatable bonds is 2. The molecule has 1 fully saturated rings. The van der Waals surface area contributed by atoms with Crippen LogP contribution in [0.4, 0.5) is 0 Å². The van der Waals surface area contributed by atoms with Crippen LogP contribution in [-0.4, -0.2) is 12.6 Å². The van der Waals surface area contributed by atoms with Gasteiger partial charge in [0.15, 0.2) is 0 Å². The van der Waals surface area contributed by atoms with E-state index in [1.54, 1.807) is 0 Å². The van der Waals surface area contributed by atoms with Crippen LogP contribution in [0.1, 0.15) is 48.4 Å². The molecule has 0 radical (unpaired) electrons. The summed E-state index contributed by atoms with van der Waals surface area (Å²) < 4.78 is 5.90. The quantitative estimate of drug-likeness (QED) is 0.875. The molecular weight excluding hydrogens is 246 g/mol. The highest BCUT2D eigenvalue weighted by Crippen LogP contribution is 2.40. The van der Waals surface area contributed by atoms with Gasteiger partial charge in [0, 0.05) is 22.7 Å². The number of ether oxygens (including phenoxy) is 1. The molecule has 1 saturated carbocycles. The predicted octanol–water partition coefficient (Wildman–Crippen LogP) is 3.92. The fraction of sp³-hybridized carbons (Fsp3) is 0.600. The average molecular weight is 266 g/mol. The molecular formula is C15H20ClNO. The minimum Gasteiger partial charge on any atom is -0.493 e. The van der Waals surface area contributed by atoms with Crippen LogP contribution in [-0.2, 0) is 0 Å². The van der Waals surface area contributed by atoms with Gasteiger partial charge in [-0.05, 0) is 56.7 Å². The van der Waals surface area contributed by atoms with E-state index in [0.717, 1.165) is 35.8 Å². The van der Waals surface area contributed by atoms with Crippen molar-refractivity contribution in [3.63, 3.8) is 0 Å². The van der Waals surface area contributed by atoms with E-state index < -0.39 is 0 Å². The van der Waals surface area contributed by atoms with Crippen LogP contribution in [0, 0.1) is 13.8 Å². The Hall–Kier alpha value is -0.730. The van der Waals surface area contributed by atoms with E-state index in [-0.39, 0.29) is 0 Å². The topological polar surface area (TPSA) is 21.3 Å². The van der Waals surface area contributed by atoms with E-state index in [2.05, 4.69) is 18.3 Å². The van der Waals surface area contributed by atoms with Crippen LogP contribution >= 0.6 is 11.6 Å². The third-order valence-corrected chi connectivity index (χ3v) is 4.53. The number of aryl methyl sites for hydroxylation is 1. The van der Waals surface area contributed by atoms with Crippen LogP contribution in [0.15, 0.2) is 6.07 Å². The van der Waals surface area contributed by atoms with Crippen molar-refractivity contribution >= 4 is 11.6 Å². The third-order valence-electron chi connectivity index (χ3n) is 3.95. The zero-order valence-electron chi connectivity index (χ0n) is 11.1. The van der Waals surface area contributed by atoms with Crippen LogP contribution in [0.2, 0.25) is 5.02 Å². The van der Waals surface area contributed by atoms with Crippen molar-refractivity contribution in [1.82, 2.24) is 5.32 Å². The molecule has 3 rings (SSSR count). The highest BCUT2D eigenvalue weighted by Gasteiger charge is 2.29. The first-order valence-corrected chi connectivity index (χ1v) is 7.23. The van der Waals surface area contributed by atoms with Crippen molar-refractivity contribution in [3.8, 4) is 5.75 Å². The summed E-state index contributed by atoms with van der Waals surface area (Å²) in [4.78, 5) is 0. The van der Waals surface area contributed by atoms with E-state index in [4.69, 9.17) is 16.3 Å². The Labute approximate surface area is 114 Å². The molecule has 1 heterocycles. The fourth-order valence-corrected chi connectivity index (χ4v) is 2.96. The molecule has 1 aromatic rings. The Bertz CT molecular complexity index is 468. The van der Waals surface area contributed by atoms with Gasteiger partial charge in [0.2, 0.25) is 0 Å². The van der Waals surface area contributed by atoms with E-state index in [9.17, 15) is 0 Å². The normalized spacial score (nSPS) is 23.2. The van der Waals surface area contributed by atoms with Gasteiger partial charge in [-0.3, -0.25) is 0 Å². The first-order chi connectivity index (χ1) is 8.66. The molecule has 3 heteroatoms. The van der Waals surface area contributed by atoms with Crippen LogP contribution < -0.4 is 10.1 Å². The molecule has 98 valence electrons. The van der Waals surface area contributed by atoms with Crippen LogP contribution in [0.25, 0.3) is 0 Å². The van der Waals surface area contributed by atoms with E-state index >= 15 is 0 Å². The molecule has 1 aliphatic heterocycles. The first kappa shape index (κ1) is 12.3. The first-order valence-electron chi connectivity index (χ1n) is 6.85. The third kappa shape index (κ3) is 2.24. The van der Waals surface area contributed by atoms with Gasteiger partial charge < -0.3 is 10.1 Å².